The van der Waals surface area contributed by atoms with E-state index in [1.54, 1.807) is 18.3 Å². The van der Waals surface area contributed by atoms with Crippen LogP contribution in [0.1, 0.15) is 35.7 Å². The van der Waals surface area contributed by atoms with Gasteiger partial charge in [-0.25, -0.2) is 0 Å². The molecule has 1 N–H and O–H groups in total. The van der Waals surface area contributed by atoms with Crippen LogP contribution < -0.4 is 14.8 Å². The predicted octanol–water partition coefficient (Wildman–Crippen LogP) is 2.41. The highest BCUT2D eigenvalue weighted by Gasteiger charge is 2.35. The molecule has 2 aliphatic rings. The molecule has 1 saturated heterocycles. The van der Waals surface area contributed by atoms with Crippen molar-refractivity contribution >= 4 is 11.8 Å². The number of benzene rings is 1. The zero-order chi connectivity index (χ0) is 20.3. The Morgan fingerprint density at radius 3 is 2.97 bits per heavy atom. The number of piperidine rings is 1. The summed E-state index contributed by atoms with van der Waals surface area (Å²) in [5.41, 5.74) is 1.68. The van der Waals surface area contributed by atoms with Crippen molar-refractivity contribution in [1.29, 1.82) is 0 Å². The lowest BCUT2D eigenvalue weighted by Gasteiger charge is -2.40. The summed E-state index contributed by atoms with van der Waals surface area (Å²) < 4.78 is 10.9. The van der Waals surface area contributed by atoms with Crippen molar-refractivity contribution in [3.05, 3.63) is 53.9 Å². The van der Waals surface area contributed by atoms with E-state index in [0.29, 0.717) is 31.6 Å². The number of nitrogens with one attached hydrogen (secondary N) is 1. The topological polar surface area (TPSA) is 80.8 Å². The van der Waals surface area contributed by atoms with Crippen molar-refractivity contribution in [2.24, 2.45) is 5.41 Å². The Balaban J connectivity index is 1.33. The van der Waals surface area contributed by atoms with E-state index in [2.05, 4.69) is 23.3 Å². The molecule has 1 fully saturated rings. The summed E-state index contributed by atoms with van der Waals surface area (Å²) in [7, 11) is 0. The molecule has 152 valence electrons. The molecule has 1 atom stereocenters. The summed E-state index contributed by atoms with van der Waals surface area (Å²) >= 11 is 0. The van der Waals surface area contributed by atoms with Gasteiger partial charge in [-0.2, -0.15) is 0 Å². The third-order valence-corrected chi connectivity index (χ3v) is 5.53. The van der Waals surface area contributed by atoms with Gasteiger partial charge >= 0.3 is 0 Å². The average molecular weight is 395 g/mol. The Labute approximate surface area is 170 Å². The number of rotatable bonds is 6. The minimum absolute atomic E-state index is 0.0189. The number of hydrogen-bond donors (Lipinski definition) is 1. The molecule has 0 saturated carbocycles. The number of pyridine rings is 1. The van der Waals surface area contributed by atoms with Gasteiger partial charge in [0.25, 0.3) is 5.91 Å². The second kappa shape index (κ2) is 8.11. The van der Waals surface area contributed by atoms with Gasteiger partial charge in [0, 0.05) is 38.4 Å². The van der Waals surface area contributed by atoms with E-state index >= 15 is 0 Å². The van der Waals surface area contributed by atoms with E-state index < -0.39 is 0 Å². The van der Waals surface area contributed by atoms with Crippen LogP contribution in [0.25, 0.3) is 0 Å². The van der Waals surface area contributed by atoms with Crippen LogP contribution in [0.2, 0.25) is 0 Å². The molecule has 3 heterocycles. The minimum Gasteiger partial charge on any atom is -0.454 e. The van der Waals surface area contributed by atoms with E-state index in [1.807, 2.05) is 17.0 Å². The molecule has 2 aromatic rings. The van der Waals surface area contributed by atoms with Gasteiger partial charge in [-0.15, -0.1) is 0 Å². The predicted molar refractivity (Wildman–Crippen MR) is 107 cm³/mol. The molecule has 0 aliphatic carbocycles. The van der Waals surface area contributed by atoms with Crippen LogP contribution >= 0.6 is 0 Å². The van der Waals surface area contributed by atoms with Crippen molar-refractivity contribution in [2.45, 2.75) is 26.2 Å². The number of carbonyl (C=O) groups excluding carboxylic acids is 2. The van der Waals surface area contributed by atoms with Gasteiger partial charge < -0.3 is 19.7 Å². The molecule has 0 radical (unpaired) electrons. The summed E-state index contributed by atoms with van der Waals surface area (Å²) in [6, 6.07) is 9.48. The van der Waals surface area contributed by atoms with Crippen LogP contribution in [-0.2, 0) is 11.2 Å². The van der Waals surface area contributed by atoms with Crippen molar-refractivity contribution in [1.82, 2.24) is 15.2 Å². The smallest absolute Gasteiger partial charge is 0.252 e. The van der Waals surface area contributed by atoms with Gasteiger partial charge in [0.1, 0.15) is 0 Å². The first-order valence-corrected chi connectivity index (χ1v) is 9.87. The highest BCUT2D eigenvalue weighted by molar-refractivity contribution is 5.93. The van der Waals surface area contributed by atoms with E-state index in [0.717, 1.165) is 24.3 Å². The Morgan fingerprint density at radius 2 is 2.14 bits per heavy atom. The van der Waals surface area contributed by atoms with E-state index in [9.17, 15) is 9.59 Å². The van der Waals surface area contributed by atoms with Gasteiger partial charge in [0.2, 0.25) is 12.7 Å². The second-order valence-electron chi connectivity index (χ2n) is 7.99. The first-order chi connectivity index (χ1) is 14.0. The Bertz CT molecular complexity index is 902. The maximum atomic E-state index is 12.4. The van der Waals surface area contributed by atoms with E-state index in [4.69, 9.17) is 9.47 Å². The molecule has 4 rings (SSSR count). The number of hydrogen-bond acceptors (Lipinski definition) is 5. The van der Waals surface area contributed by atoms with Crippen LogP contribution in [0.5, 0.6) is 11.5 Å². The highest BCUT2D eigenvalue weighted by atomic mass is 16.7. The lowest BCUT2D eigenvalue weighted by Crippen LogP contribution is -2.48. The lowest BCUT2D eigenvalue weighted by molar-refractivity contribution is -0.137. The molecule has 2 aliphatic heterocycles. The molecule has 0 bridgehead atoms. The van der Waals surface area contributed by atoms with Gasteiger partial charge in [-0.05, 0) is 48.1 Å². The van der Waals surface area contributed by atoms with Crippen LogP contribution in [0.3, 0.4) is 0 Å². The molecular weight excluding hydrogens is 370 g/mol. The maximum absolute atomic E-state index is 12.4. The summed E-state index contributed by atoms with van der Waals surface area (Å²) in [5.74, 6) is 1.53. The van der Waals surface area contributed by atoms with Crippen LogP contribution in [0.4, 0.5) is 0 Å². The third kappa shape index (κ3) is 4.50. The van der Waals surface area contributed by atoms with Gasteiger partial charge in [-0.3, -0.25) is 14.6 Å². The highest BCUT2D eigenvalue weighted by Crippen LogP contribution is 2.37. The minimum atomic E-state index is -0.175. The fourth-order valence-corrected chi connectivity index (χ4v) is 3.99. The quantitative estimate of drug-likeness (QED) is 0.812. The lowest BCUT2D eigenvalue weighted by atomic mass is 9.76. The van der Waals surface area contributed by atoms with Crippen molar-refractivity contribution in [2.75, 3.05) is 26.4 Å². The fraction of sp³-hybridized carbons (Fsp3) is 0.409. The monoisotopic (exact) mass is 395 g/mol. The number of carbonyl (C=O) groups is 2. The van der Waals surface area contributed by atoms with Crippen LogP contribution in [0.15, 0.2) is 42.7 Å². The first kappa shape index (κ1) is 19.2. The number of amides is 2. The summed E-state index contributed by atoms with van der Waals surface area (Å²) in [6.45, 7) is 4.07. The SMILES string of the molecule is CC1(Cc2ccc3c(c2)OCO3)CCC(=O)N(CCNC(=O)c2cccnc2)C1. The van der Waals surface area contributed by atoms with Gasteiger partial charge in [0.15, 0.2) is 11.5 Å². The average Bonchev–Trinajstić information content (AvgIpc) is 3.19. The van der Waals surface area contributed by atoms with E-state index in [-0.39, 0.29) is 24.0 Å². The molecule has 1 aromatic carbocycles. The third-order valence-electron chi connectivity index (χ3n) is 5.53. The standard InChI is InChI=1S/C22H25N3O4/c1-22(12-16-4-5-18-19(11-16)29-15-28-18)7-6-20(26)25(14-22)10-9-24-21(27)17-3-2-8-23-13-17/h2-5,8,11,13H,6-7,9-10,12,14-15H2,1H3,(H,24,27). The molecular formula is C22H25N3O4. The molecule has 29 heavy (non-hydrogen) atoms. The van der Waals surface area contributed by atoms with E-state index in [1.165, 1.54) is 11.8 Å². The summed E-state index contributed by atoms with van der Waals surface area (Å²) in [5, 5.41) is 2.87. The van der Waals surface area contributed by atoms with Crippen LogP contribution in [-0.4, -0.2) is 48.1 Å². The first-order valence-electron chi connectivity index (χ1n) is 9.87. The number of aromatic nitrogens is 1. The molecule has 1 aromatic heterocycles. The molecule has 7 nitrogen and oxygen atoms in total. The second-order valence-corrected chi connectivity index (χ2v) is 7.99. The largest absolute Gasteiger partial charge is 0.454 e. The normalized spacial score (nSPS) is 20.6. The van der Waals surface area contributed by atoms with Gasteiger partial charge in [-0.1, -0.05) is 13.0 Å². The van der Waals surface area contributed by atoms with Crippen molar-refractivity contribution in [3.8, 4) is 11.5 Å². The number of likely N-dealkylation sites (tertiary alicyclic amines) is 1. The number of fused-ring (bicyclic) bond motifs is 1. The maximum Gasteiger partial charge on any atom is 0.252 e. The fourth-order valence-electron chi connectivity index (χ4n) is 3.99. The molecule has 2 amide bonds. The molecule has 7 heteroatoms. The molecule has 0 spiro atoms. The Kier molecular flexibility index (Phi) is 5.38. The summed E-state index contributed by atoms with van der Waals surface area (Å²) in [4.78, 5) is 30.4. The zero-order valence-electron chi connectivity index (χ0n) is 16.5. The zero-order valence-corrected chi connectivity index (χ0v) is 16.5. The number of ether oxygens (including phenoxy) is 2. The Hall–Kier alpha value is -3.09. The molecule has 1 unspecified atom stereocenters. The van der Waals surface area contributed by atoms with Crippen molar-refractivity contribution < 1.29 is 19.1 Å². The van der Waals surface area contributed by atoms with Crippen LogP contribution in [0, 0.1) is 5.41 Å². The van der Waals surface area contributed by atoms with Crippen molar-refractivity contribution in [3.63, 3.8) is 0 Å². The summed E-state index contributed by atoms with van der Waals surface area (Å²) in [6.07, 6.45) is 5.39. The Morgan fingerprint density at radius 1 is 1.28 bits per heavy atom. The number of nitrogens with zero attached hydrogens (tertiary/aromatic N) is 2. The van der Waals surface area contributed by atoms with Gasteiger partial charge in [0.05, 0.1) is 5.56 Å².